The van der Waals surface area contributed by atoms with Crippen molar-refractivity contribution in [2.45, 2.75) is 18.8 Å². The van der Waals surface area contributed by atoms with E-state index in [-0.39, 0.29) is 6.61 Å². The molecule has 0 amide bonds. The number of aliphatic hydroxyl groups excluding tert-OH is 2. The van der Waals surface area contributed by atoms with Crippen LogP contribution in [0.4, 0.5) is 0 Å². The maximum absolute atomic E-state index is 9.31. The van der Waals surface area contributed by atoms with E-state index >= 15 is 0 Å². The van der Waals surface area contributed by atoms with Crippen LogP contribution < -0.4 is 0 Å². The van der Waals surface area contributed by atoms with Gasteiger partial charge in [-0.1, -0.05) is 0 Å². The van der Waals surface area contributed by atoms with E-state index in [2.05, 4.69) is 0 Å². The Kier molecular flexibility index (Phi) is 6.19. The van der Waals surface area contributed by atoms with Crippen LogP contribution in [-0.4, -0.2) is 56.1 Å². The molecule has 0 radical (unpaired) electrons. The normalized spacial score (nSPS) is 18.2. The van der Waals surface area contributed by atoms with Crippen molar-refractivity contribution >= 4 is 0 Å². The van der Waals surface area contributed by atoms with E-state index in [1.807, 2.05) is 0 Å². The third-order valence-corrected chi connectivity index (χ3v) is 1.84. The third kappa shape index (κ3) is 3.58. The van der Waals surface area contributed by atoms with Crippen molar-refractivity contribution in [3.63, 3.8) is 0 Å². The molecule has 0 aromatic carbocycles. The highest BCUT2D eigenvalue weighted by molar-refractivity contribution is 4.74. The number of aliphatic hydroxyl groups is 2. The van der Waals surface area contributed by atoms with Crippen LogP contribution >= 0.6 is 0 Å². The molecule has 0 heterocycles. The van der Waals surface area contributed by atoms with Crippen LogP contribution in [0.2, 0.25) is 0 Å². The van der Waals surface area contributed by atoms with Gasteiger partial charge in [0.1, 0.15) is 6.10 Å². The predicted molar refractivity (Wildman–Crippen MR) is 46.3 cm³/mol. The molecule has 0 spiro atoms. The summed E-state index contributed by atoms with van der Waals surface area (Å²) in [5.74, 6) is -1.33. The molecule has 2 atom stereocenters. The molecule has 0 aliphatic heterocycles. The highest BCUT2D eigenvalue weighted by Crippen LogP contribution is 2.16. The molecule has 0 bridgehead atoms. The molecule has 0 fully saturated rings. The van der Waals surface area contributed by atoms with Crippen molar-refractivity contribution in [1.29, 1.82) is 0 Å². The van der Waals surface area contributed by atoms with E-state index in [0.29, 0.717) is 6.61 Å². The highest BCUT2D eigenvalue weighted by atomic mass is 16.7. The summed E-state index contributed by atoms with van der Waals surface area (Å²) in [4.78, 5) is 0. The fraction of sp³-hybridized carbons (Fsp3) is 1.00. The van der Waals surface area contributed by atoms with E-state index in [0.717, 1.165) is 0 Å². The lowest BCUT2D eigenvalue weighted by molar-refractivity contribution is -0.285. The van der Waals surface area contributed by atoms with Gasteiger partial charge in [0.25, 0.3) is 0 Å². The van der Waals surface area contributed by atoms with Gasteiger partial charge in [0, 0.05) is 14.2 Å². The highest BCUT2D eigenvalue weighted by Gasteiger charge is 2.35. The van der Waals surface area contributed by atoms with Crippen molar-refractivity contribution in [3.8, 4) is 0 Å². The minimum Gasteiger partial charge on any atom is -0.391 e. The summed E-state index contributed by atoms with van der Waals surface area (Å²) < 4.78 is 14.9. The first-order valence-corrected chi connectivity index (χ1v) is 4.10. The summed E-state index contributed by atoms with van der Waals surface area (Å²) in [5.41, 5.74) is 0. The zero-order valence-corrected chi connectivity index (χ0v) is 8.32. The molecule has 0 saturated carbocycles. The van der Waals surface area contributed by atoms with Gasteiger partial charge in [-0.15, -0.1) is 0 Å². The van der Waals surface area contributed by atoms with E-state index in [4.69, 9.17) is 19.3 Å². The van der Waals surface area contributed by atoms with Crippen molar-refractivity contribution in [2.75, 3.05) is 34.0 Å². The summed E-state index contributed by atoms with van der Waals surface area (Å²) in [5, 5.41) is 18.3. The topological polar surface area (TPSA) is 68.2 Å². The summed E-state index contributed by atoms with van der Waals surface area (Å²) >= 11 is 0. The van der Waals surface area contributed by atoms with Gasteiger partial charge in [-0.05, 0) is 6.92 Å². The fourth-order valence-corrected chi connectivity index (χ4v) is 0.890. The average Bonchev–Trinajstić information content (AvgIpc) is 2.13. The first kappa shape index (κ1) is 12.8. The standard InChI is InChI=1S/C8H18O5/c1-7(10)8(6-9,12-3)13-5-4-11-2/h7,9-10H,4-6H2,1-3H3. The van der Waals surface area contributed by atoms with E-state index in [1.54, 1.807) is 7.11 Å². The minimum atomic E-state index is -1.33. The van der Waals surface area contributed by atoms with E-state index in [9.17, 15) is 5.11 Å². The SMILES string of the molecule is COCCOC(CO)(OC)C(C)O. The second kappa shape index (κ2) is 6.28. The van der Waals surface area contributed by atoms with Crippen LogP contribution in [0, 0.1) is 0 Å². The third-order valence-electron chi connectivity index (χ3n) is 1.84. The number of hydrogen-bond donors (Lipinski definition) is 2. The van der Waals surface area contributed by atoms with Crippen LogP contribution in [0.3, 0.4) is 0 Å². The van der Waals surface area contributed by atoms with Gasteiger partial charge >= 0.3 is 0 Å². The van der Waals surface area contributed by atoms with Gasteiger partial charge in [0.05, 0.1) is 19.8 Å². The Morgan fingerprint density at radius 2 is 1.92 bits per heavy atom. The van der Waals surface area contributed by atoms with Crippen molar-refractivity contribution < 1.29 is 24.4 Å². The van der Waals surface area contributed by atoms with Gasteiger partial charge in [0.2, 0.25) is 5.79 Å². The van der Waals surface area contributed by atoms with Gasteiger partial charge in [0.15, 0.2) is 0 Å². The van der Waals surface area contributed by atoms with Crippen molar-refractivity contribution in [3.05, 3.63) is 0 Å². The Bertz CT molecular complexity index is 122. The number of methoxy groups -OCH3 is 2. The maximum Gasteiger partial charge on any atom is 0.217 e. The predicted octanol–water partition coefficient (Wildman–Crippen LogP) is -0.635. The second-order valence-corrected chi connectivity index (χ2v) is 2.69. The van der Waals surface area contributed by atoms with Crippen LogP contribution in [0.1, 0.15) is 6.92 Å². The molecular weight excluding hydrogens is 176 g/mol. The summed E-state index contributed by atoms with van der Waals surface area (Å²) in [6.45, 7) is 1.74. The summed E-state index contributed by atoms with van der Waals surface area (Å²) in [7, 11) is 2.91. The molecule has 5 nitrogen and oxygen atoms in total. The molecule has 13 heavy (non-hydrogen) atoms. The Hall–Kier alpha value is -0.200. The smallest absolute Gasteiger partial charge is 0.217 e. The van der Waals surface area contributed by atoms with Gasteiger partial charge in [-0.2, -0.15) is 0 Å². The summed E-state index contributed by atoms with van der Waals surface area (Å²) in [6, 6.07) is 0. The molecule has 0 aliphatic rings. The Morgan fingerprint density at radius 1 is 1.31 bits per heavy atom. The van der Waals surface area contributed by atoms with Crippen LogP contribution in [-0.2, 0) is 14.2 Å². The second-order valence-electron chi connectivity index (χ2n) is 2.69. The molecule has 0 aliphatic carbocycles. The molecule has 2 N–H and O–H groups in total. The van der Waals surface area contributed by atoms with Crippen LogP contribution in [0.5, 0.6) is 0 Å². The molecule has 2 unspecified atom stereocenters. The fourth-order valence-electron chi connectivity index (χ4n) is 0.890. The largest absolute Gasteiger partial charge is 0.391 e. The minimum absolute atomic E-state index is 0.260. The average molecular weight is 194 g/mol. The molecular formula is C8H18O5. The van der Waals surface area contributed by atoms with Crippen LogP contribution in [0.15, 0.2) is 0 Å². The van der Waals surface area contributed by atoms with E-state index < -0.39 is 18.5 Å². The molecule has 5 heteroatoms. The molecule has 0 rings (SSSR count). The molecule has 0 aromatic rings. The first-order valence-electron chi connectivity index (χ1n) is 4.10. The van der Waals surface area contributed by atoms with Crippen molar-refractivity contribution in [1.82, 2.24) is 0 Å². The van der Waals surface area contributed by atoms with Gasteiger partial charge in [-0.3, -0.25) is 0 Å². The van der Waals surface area contributed by atoms with Crippen molar-refractivity contribution in [2.24, 2.45) is 0 Å². The zero-order valence-electron chi connectivity index (χ0n) is 8.32. The maximum atomic E-state index is 9.31. The summed E-state index contributed by atoms with van der Waals surface area (Å²) in [6.07, 6.45) is -0.903. The number of ether oxygens (including phenoxy) is 3. The lowest BCUT2D eigenvalue weighted by Crippen LogP contribution is -2.49. The zero-order chi connectivity index (χ0) is 10.3. The van der Waals surface area contributed by atoms with Gasteiger partial charge in [-0.25, -0.2) is 0 Å². The quantitative estimate of drug-likeness (QED) is 0.417. The van der Waals surface area contributed by atoms with E-state index in [1.165, 1.54) is 14.0 Å². The van der Waals surface area contributed by atoms with Gasteiger partial charge < -0.3 is 24.4 Å². The Balaban J connectivity index is 4.06. The monoisotopic (exact) mass is 194 g/mol. The Morgan fingerprint density at radius 3 is 2.23 bits per heavy atom. The number of rotatable bonds is 7. The number of hydrogen-bond acceptors (Lipinski definition) is 5. The molecule has 80 valence electrons. The lowest BCUT2D eigenvalue weighted by Gasteiger charge is -2.32. The molecule has 0 saturated heterocycles. The Labute approximate surface area is 78.2 Å². The van der Waals surface area contributed by atoms with Crippen LogP contribution in [0.25, 0.3) is 0 Å². The first-order chi connectivity index (χ1) is 6.13. The lowest BCUT2D eigenvalue weighted by atomic mass is 10.2. The molecule has 0 aromatic heterocycles.